The van der Waals surface area contributed by atoms with E-state index >= 15 is 0 Å². The zero-order chi connectivity index (χ0) is 20.3. The van der Waals surface area contributed by atoms with Crippen LogP contribution in [0.3, 0.4) is 0 Å². The zero-order valence-electron chi connectivity index (χ0n) is 17.3. The predicted octanol–water partition coefficient (Wildman–Crippen LogP) is 3.26. The standard InChI is InChI=1S/C22H28N4O2/c1-14-6-8-20(28-5)18(12-14)10-11-23-22(27)9-7-19-16(3)24-21-13-15(2)25-26(21)17(19)4/h6,8,12-13H,7,9-11H2,1-5H3,(H,23,27). The minimum absolute atomic E-state index is 0.0437. The molecule has 0 aliphatic carbocycles. The molecule has 0 spiro atoms. The van der Waals surface area contributed by atoms with Crippen LogP contribution in [0, 0.1) is 27.7 Å². The second-order valence-electron chi connectivity index (χ2n) is 7.23. The van der Waals surface area contributed by atoms with Crippen LogP contribution in [0.25, 0.3) is 5.65 Å². The van der Waals surface area contributed by atoms with E-state index in [-0.39, 0.29) is 5.91 Å². The number of aromatic nitrogens is 3. The number of methoxy groups -OCH3 is 1. The molecule has 0 radical (unpaired) electrons. The van der Waals surface area contributed by atoms with Gasteiger partial charge in [0, 0.05) is 30.4 Å². The van der Waals surface area contributed by atoms with Crippen molar-refractivity contribution in [3.8, 4) is 5.75 Å². The Hall–Kier alpha value is -2.89. The Morgan fingerprint density at radius 2 is 1.93 bits per heavy atom. The molecule has 2 aromatic heterocycles. The maximum absolute atomic E-state index is 12.3. The van der Waals surface area contributed by atoms with Crippen molar-refractivity contribution in [2.75, 3.05) is 13.7 Å². The number of ether oxygens (including phenoxy) is 1. The quantitative estimate of drug-likeness (QED) is 0.683. The number of hydrogen-bond acceptors (Lipinski definition) is 4. The number of aryl methyl sites for hydroxylation is 4. The van der Waals surface area contributed by atoms with E-state index in [1.54, 1.807) is 7.11 Å². The molecule has 1 aromatic carbocycles. The predicted molar refractivity (Wildman–Crippen MR) is 110 cm³/mol. The van der Waals surface area contributed by atoms with Crippen molar-refractivity contribution >= 4 is 11.6 Å². The van der Waals surface area contributed by atoms with Gasteiger partial charge < -0.3 is 10.1 Å². The second kappa shape index (κ2) is 8.42. The van der Waals surface area contributed by atoms with Gasteiger partial charge in [0.05, 0.1) is 12.8 Å². The molecule has 6 heteroatoms. The lowest BCUT2D eigenvalue weighted by molar-refractivity contribution is -0.121. The fourth-order valence-corrected chi connectivity index (χ4v) is 3.57. The van der Waals surface area contributed by atoms with Gasteiger partial charge in [0.25, 0.3) is 0 Å². The zero-order valence-corrected chi connectivity index (χ0v) is 17.3. The highest BCUT2D eigenvalue weighted by molar-refractivity contribution is 5.76. The highest BCUT2D eigenvalue weighted by Gasteiger charge is 2.13. The van der Waals surface area contributed by atoms with Crippen molar-refractivity contribution in [3.63, 3.8) is 0 Å². The fraction of sp³-hybridized carbons (Fsp3) is 0.409. The average Bonchev–Trinajstić information content (AvgIpc) is 3.02. The van der Waals surface area contributed by atoms with Gasteiger partial charge in [-0.25, -0.2) is 9.50 Å². The number of rotatable bonds is 7. The van der Waals surface area contributed by atoms with Gasteiger partial charge in [-0.15, -0.1) is 0 Å². The topological polar surface area (TPSA) is 68.5 Å². The molecule has 148 valence electrons. The molecule has 0 bridgehead atoms. The molecule has 0 aliphatic heterocycles. The largest absolute Gasteiger partial charge is 0.496 e. The number of carbonyl (C=O) groups is 1. The molecule has 28 heavy (non-hydrogen) atoms. The van der Waals surface area contributed by atoms with Gasteiger partial charge in [-0.2, -0.15) is 5.10 Å². The summed E-state index contributed by atoms with van der Waals surface area (Å²) in [6.07, 6.45) is 1.83. The Kier molecular flexibility index (Phi) is 5.97. The lowest BCUT2D eigenvalue weighted by atomic mass is 10.1. The van der Waals surface area contributed by atoms with Crippen molar-refractivity contribution in [3.05, 3.63) is 58.0 Å². The minimum atomic E-state index is 0.0437. The summed E-state index contributed by atoms with van der Waals surface area (Å²) >= 11 is 0. The first kappa shape index (κ1) is 19.9. The molecular weight excluding hydrogens is 352 g/mol. The van der Waals surface area contributed by atoms with Crippen LogP contribution >= 0.6 is 0 Å². The molecule has 3 rings (SSSR count). The number of amides is 1. The van der Waals surface area contributed by atoms with E-state index in [4.69, 9.17) is 4.74 Å². The van der Waals surface area contributed by atoms with Crippen LogP contribution in [-0.2, 0) is 17.6 Å². The van der Waals surface area contributed by atoms with Crippen molar-refractivity contribution in [1.29, 1.82) is 0 Å². The molecule has 0 fully saturated rings. The highest BCUT2D eigenvalue weighted by Crippen LogP contribution is 2.20. The molecule has 2 heterocycles. The summed E-state index contributed by atoms with van der Waals surface area (Å²) in [5.41, 5.74) is 7.19. The lowest BCUT2D eigenvalue weighted by Crippen LogP contribution is -2.26. The van der Waals surface area contributed by atoms with Gasteiger partial charge in [-0.3, -0.25) is 4.79 Å². The Morgan fingerprint density at radius 1 is 1.14 bits per heavy atom. The maximum atomic E-state index is 12.3. The highest BCUT2D eigenvalue weighted by atomic mass is 16.5. The number of nitrogens with one attached hydrogen (secondary N) is 1. The van der Waals surface area contributed by atoms with E-state index in [1.807, 2.05) is 43.5 Å². The molecule has 1 N–H and O–H groups in total. The molecular formula is C22H28N4O2. The number of nitrogens with zero attached hydrogens (tertiary/aromatic N) is 3. The van der Waals surface area contributed by atoms with Crippen molar-refractivity contribution in [2.24, 2.45) is 0 Å². The molecule has 0 saturated heterocycles. The van der Waals surface area contributed by atoms with Crippen LogP contribution in [0.5, 0.6) is 5.75 Å². The summed E-state index contributed by atoms with van der Waals surface area (Å²) in [6.45, 7) is 8.63. The Bertz CT molecular complexity index is 1010. The SMILES string of the molecule is COc1ccc(C)cc1CCNC(=O)CCc1c(C)nc2cc(C)nn2c1C. The van der Waals surface area contributed by atoms with Gasteiger partial charge in [0.15, 0.2) is 5.65 Å². The maximum Gasteiger partial charge on any atom is 0.220 e. The van der Waals surface area contributed by atoms with Gasteiger partial charge >= 0.3 is 0 Å². The fourth-order valence-electron chi connectivity index (χ4n) is 3.57. The summed E-state index contributed by atoms with van der Waals surface area (Å²) < 4.78 is 7.26. The number of fused-ring (bicyclic) bond motifs is 1. The molecule has 0 unspecified atom stereocenters. The van der Waals surface area contributed by atoms with Gasteiger partial charge in [-0.1, -0.05) is 17.7 Å². The summed E-state index contributed by atoms with van der Waals surface area (Å²) in [5.74, 6) is 0.905. The van der Waals surface area contributed by atoms with E-state index in [2.05, 4.69) is 28.4 Å². The van der Waals surface area contributed by atoms with E-state index in [1.165, 1.54) is 5.56 Å². The Balaban J connectivity index is 1.58. The summed E-state index contributed by atoms with van der Waals surface area (Å²) in [5, 5.41) is 7.50. The molecule has 0 saturated carbocycles. The van der Waals surface area contributed by atoms with Crippen molar-refractivity contribution in [1.82, 2.24) is 19.9 Å². The second-order valence-corrected chi connectivity index (χ2v) is 7.23. The first-order valence-corrected chi connectivity index (χ1v) is 9.61. The Labute approximate surface area is 165 Å². The monoisotopic (exact) mass is 380 g/mol. The third-order valence-electron chi connectivity index (χ3n) is 5.04. The van der Waals surface area contributed by atoms with Crippen LogP contribution in [0.1, 0.15) is 40.2 Å². The van der Waals surface area contributed by atoms with Crippen LogP contribution in [0.2, 0.25) is 0 Å². The molecule has 1 amide bonds. The van der Waals surface area contributed by atoms with Gasteiger partial charge in [0.2, 0.25) is 5.91 Å². The van der Waals surface area contributed by atoms with Crippen LogP contribution in [0.15, 0.2) is 24.3 Å². The van der Waals surface area contributed by atoms with E-state index in [9.17, 15) is 4.79 Å². The van der Waals surface area contributed by atoms with E-state index < -0.39 is 0 Å². The third kappa shape index (κ3) is 4.32. The minimum Gasteiger partial charge on any atom is -0.496 e. The molecule has 3 aromatic rings. The number of hydrogen-bond donors (Lipinski definition) is 1. The van der Waals surface area contributed by atoms with E-state index in [0.717, 1.165) is 46.0 Å². The smallest absolute Gasteiger partial charge is 0.220 e. The Morgan fingerprint density at radius 3 is 2.68 bits per heavy atom. The number of carbonyl (C=O) groups excluding carboxylic acids is 1. The summed E-state index contributed by atoms with van der Waals surface area (Å²) in [7, 11) is 1.67. The van der Waals surface area contributed by atoms with Crippen LogP contribution < -0.4 is 10.1 Å². The third-order valence-corrected chi connectivity index (χ3v) is 5.04. The van der Waals surface area contributed by atoms with Crippen LogP contribution in [-0.4, -0.2) is 34.2 Å². The molecule has 0 aliphatic rings. The average molecular weight is 380 g/mol. The first-order chi connectivity index (χ1) is 13.4. The molecule has 6 nitrogen and oxygen atoms in total. The van der Waals surface area contributed by atoms with Gasteiger partial charge in [-0.05, 0) is 57.7 Å². The molecule has 0 atom stereocenters. The van der Waals surface area contributed by atoms with Gasteiger partial charge in [0.1, 0.15) is 5.75 Å². The number of benzene rings is 1. The summed E-state index contributed by atoms with van der Waals surface area (Å²) in [4.78, 5) is 17.0. The summed E-state index contributed by atoms with van der Waals surface area (Å²) in [6, 6.07) is 8.07. The lowest BCUT2D eigenvalue weighted by Gasteiger charge is -2.12. The normalized spacial score (nSPS) is 11.0. The van der Waals surface area contributed by atoms with E-state index in [0.29, 0.717) is 19.4 Å². The van der Waals surface area contributed by atoms with Crippen molar-refractivity contribution in [2.45, 2.75) is 47.0 Å². The van der Waals surface area contributed by atoms with Crippen molar-refractivity contribution < 1.29 is 9.53 Å². The first-order valence-electron chi connectivity index (χ1n) is 9.61. The van der Waals surface area contributed by atoms with Crippen LogP contribution in [0.4, 0.5) is 0 Å².